The molecule has 35 heavy (non-hydrogen) atoms. The minimum absolute atomic E-state index is 0.0312. The Bertz CT molecular complexity index is 1360. The number of nitrogens with zero attached hydrogens (tertiary/aromatic N) is 5. The average Bonchev–Trinajstić information content (AvgIpc) is 3.26. The number of anilines is 2. The molecule has 0 amide bonds. The van der Waals surface area contributed by atoms with Crippen molar-refractivity contribution >= 4 is 22.3 Å². The van der Waals surface area contributed by atoms with Crippen LogP contribution in [0.5, 0.6) is 0 Å². The summed E-state index contributed by atoms with van der Waals surface area (Å²) in [5, 5.41) is 28.8. The van der Waals surface area contributed by atoms with Crippen LogP contribution < -0.4 is 21.6 Å². The zero-order valence-electron chi connectivity index (χ0n) is 19.9. The van der Waals surface area contributed by atoms with E-state index in [0.29, 0.717) is 39.9 Å². The van der Waals surface area contributed by atoms with E-state index < -0.39 is 12.0 Å². The lowest BCUT2D eigenvalue weighted by atomic mass is 9.96. The van der Waals surface area contributed by atoms with Crippen molar-refractivity contribution in [2.24, 2.45) is 5.41 Å². The van der Waals surface area contributed by atoms with Gasteiger partial charge in [-0.05, 0) is 29.2 Å². The predicted octanol–water partition coefficient (Wildman–Crippen LogP) is 3.92. The number of halogens is 1. The monoisotopic (exact) mass is 471 g/mol. The van der Waals surface area contributed by atoms with E-state index in [-0.39, 0.29) is 5.41 Å². The van der Waals surface area contributed by atoms with E-state index in [4.69, 9.17) is 0 Å². The summed E-state index contributed by atoms with van der Waals surface area (Å²) in [6.45, 7) is 6.91. The van der Waals surface area contributed by atoms with Crippen LogP contribution in [0.1, 0.15) is 43.5 Å². The van der Waals surface area contributed by atoms with E-state index in [2.05, 4.69) is 64.5 Å². The lowest BCUT2D eigenvalue weighted by molar-refractivity contribution is 0.326. The van der Waals surface area contributed by atoms with Gasteiger partial charge in [0.2, 0.25) is 5.95 Å². The van der Waals surface area contributed by atoms with Crippen molar-refractivity contribution in [2.45, 2.75) is 26.8 Å². The number of hydrogen-bond donors (Lipinski definition) is 4. The molecule has 0 aliphatic carbocycles. The summed E-state index contributed by atoms with van der Waals surface area (Å²) in [5.74, 6) is -0.571. The van der Waals surface area contributed by atoms with E-state index in [1.54, 1.807) is 17.1 Å². The van der Waals surface area contributed by atoms with Gasteiger partial charge in [0.05, 0.1) is 34.1 Å². The maximum Gasteiger partial charge on any atom is 0.212 e. The van der Waals surface area contributed by atoms with Crippen molar-refractivity contribution in [3.63, 3.8) is 0 Å². The molecule has 178 valence electrons. The smallest absolute Gasteiger partial charge is 0.212 e. The number of hydrogen-bond acceptors (Lipinski definition) is 9. The first-order valence-electron chi connectivity index (χ1n) is 11.0. The molecule has 0 spiro atoms. The van der Waals surface area contributed by atoms with E-state index in [1.165, 1.54) is 18.5 Å². The molecule has 0 radical (unpaired) electrons. The van der Waals surface area contributed by atoms with Crippen LogP contribution in [0.4, 0.5) is 15.8 Å². The molecule has 4 N–H and O–H groups in total. The molecular weight excluding hydrogens is 445 g/mol. The third-order valence-corrected chi connectivity index (χ3v) is 5.42. The molecule has 0 saturated heterocycles. The first kappa shape index (κ1) is 23.7. The van der Waals surface area contributed by atoms with Crippen molar-refractivity contribution in [1.29, 1.82) is 10.5 Å². The largest absolute Gasteiger partial charge is 0.383 e. The van der Waals surface area contributed by atoms with E-state index in [1.807, 2.05) is 19.3 Å². The molecule has 1 unspecified atom stereocenters. The maximum atomic E-state index is 13.5. The molecule has 1 atom stereocenters. The topological polar surface area (TPSA) is 125 Å². The summed E-state index contributed by atoms with van der Waals surface area (Å²) in [5.41, 5.74) is 10.1. The second-order valence-electron chi connectivity index (χ2n) is 9.53. The summed E-state index contributed by atoms with van der Waals surface area (Å²) in [6, 6.07) is 10.5. The first-order valence-corrected chi connectivity index (χ1v) is 11.0. The van der Waals surface area contributed by atoms with Gasteiger partial charge in [-0.1, -0.05) is 26.8 Å². The first-order chi connectivity index (χ1) is 16.7. The normalized spacial score (nSPS) is 14.0. The van der Waals surface area contributed by atoms with Gasteiger partial charge in [-0.25, -0.2) is 4.98 Å². The van der Waals surface area contributed by atoms with Crippen LogP contribution in [0.15, 0.2) is 48.6 Å². The Hall–Kier alpha value is -4.41. The summed E-state index contributed by atoms with van der Waals surface area (Å²) in [6.07, 6.45) is 4.81. The number of pyridine rings is 2. The second-order valence-corrected chi connectivity index (χ2v) is 9.53. The number of hydrazine groups is 2. The van der Waals surface area contributed by atoms with Crippen LogP contribution in [0, 0.1) is 34.0 Å². The highest BCUT2D eigenvalue weighted by Gasteiger charge is 2.23. The fourth-order valence-electron chi connectivity index (χ4n) is 3.74. The van der Waals surface area contributed by atoms with Crippen LogP contribution in [-0.4, -0.2) is 28.6 Å². The Morgan fingerprint density at radius 1 is 1.11 bits per heavy atom. The minimum Gasteiger partial charge on any atom is -0.383 e. The Balaban J connectivity index is 1.83. The van der Waals surface area contributed by atoms with Gasteiger partial charge in [0.1, 0.15) is 12.1 Å². The Kier molecular flexibility index (Phi) is 6.41. The van der Waals surface area contributed by atoms with Gasteiger partial charge in [0, 0.05) is 43.3 Å². The van der Waals surface area contributed by atoms with Crippen LogP contribution in [0.3, 0.4) is 0 Å². The fraction of sp³-hybridized carbons (Fsp3) is 0.280. The molecule has 1 aliphatic rings. The van der Waals surface area contributed by atoms with E-state index >= 15 is 0 Å². The fourth-order valence-corrected chi connectivity index (χ4v) is 3.74. The second kappa shape index (κ2) is 9.45. The van der Waals surface area contributed by atoms with Crippen molar-refractivity contribution in [3.8, 4) is 12.1 Å². The third kappa shape index (κ3) is 5.24. The molecule has 0 fully saturated rings. The highest BCUT2D eigenvalue weighted by molar-refractivity contribution is 5.99. The molecule has 3 aromatic rings. The maximum absolute atomic E-state index is 13.5. The standard InChI is InChI=1S/C25H26FN9/c1-25(2,3)14-31-23-17(10-28)12-30-22-16(9-27)7-18(8-19(22)23)32-24(20-13-35(4)34-33-20)15-5-6-21(26)29-11-15/h5-8,11-13,24,32-34H,14H2,1-4H3,(H,30,31). The van der Waals surface area contributed by atoms with Crippen molar-refractivity contribution < 1.29 is 4.39 Å². The van der Waals surface area contributed by atoms with Gasteiger partial charge < -0.3 is 16.1 Å². The molecule has 1 aliphatic heterocycles. The Labute approximate surface area is 203 Å². The van der Waals surface area contributed by atoms with Crippen molar-refractivity contribution in [1.82, 2.24) is 25.9 Å². The quantitative estimate of drug-likeness (QED) is 0.396. The average molecular weight is 472 g/mol. The van der Waals surface area contributed by atoms with Gasteiger partial charge in [-0.15, -0.1) is 5.53 Å². The molecule has 1 aromatic carbocycles. The zero-order valence-corrected chi connectivity index (χ0v) is 19.9. The highest BCUT2D eigenvalue weighted by atomic mass is 19.1. The Morgan fingerprint density at radius 2 is 1.89 bits per heavy atom. The van der Waals surface area contributed by atoms with Gasteiger partial charge in [-0.2, -0.15) is 14.9 Å². The van der Waals surface area contributed by atoms with Crippen LogP contribution in [-0.2, 0) is 0 Å². The molecule has 0 saturated carbocycles. The zero-order chi connectivity index (χ0) is 25.2. The van der Waals surface area contributed by atoms with Gasteiger partial charge in [0.15, 0.2) is 0 Å². The number of nitrogens with one attached hydrogen (secondary N) is 4. The Morgan fingerprint density at radius 3 is 2.49 bits per heavy atom. The minimum atomic E-state index is -0.571. The third-order valence-electron chi connectivity index (χ3n) is 5.42. The molecule has 2 aromatic heterocycles. The summed E-state index contributed by atoms with van der Waals surface area (Å²) in [4.78, 5) is 8.19. The lowest BCUT2D eigenvalue weighted by Crippen LogP contribution is -2.35. The SMILES string of the molecule is CN1C=C(C(Nc2cc(C#N)c3ncc(C#N)c(NCC(C)(C)C)c3c2)c2ccc(F)nc2)NN1. The lowest BCUT2D eigenvalue weighted by Gasteiger charge is -2.23. The molecule has 0 bridgehead atoms. The van der Waals surface area contributed by atoms with Gasteiger partial charge in [-0.3, -0.25) is 9.99 Å². The molecule has 4 rings (SSSR count). The van der Waals surface area contributed by atoms with Crippen LogP contribution in [0.2, 0.25) is 0 Å². The van der Waals surface area contributed by atoms with Gasteiger partial charge >= 0.3 is 0 Å². The summed E-state index contributed by atoms with van der Waals surface area (Å²) >= 11 is 0. The molecule has 9 nitrogen and oxygen atoms in total. The highest BCUT2D eigenvalue weighted by Crippen LogP contribution is 2.34. The number of aromatic nitrogens is 2. The molecular formula is C25H26FN9. The van der Waals surface area contributed by atoms with Crippen LogP contribution >= 0.6 is 0 Å². The van der Waals surface area contributed by atoms with Crippen molar-refractivity contribution in [3.05, 3.63) is 71.2 Å². The summed E-state index contributed by atoms with van der Waals surface area (Å²) < 4.78 is 13.5. The van der Waals surface area contributed by atoms with Crippen LogP contribution in [0.25, 0.3) is 10.9 Å². The van der Waals surface area contributed by atoms with Crippen molar-refractivity contribution in [2.75, 3.05) is 24.2 Å². The number of benzene rings is 1. The van der Waals surface area contributed by atoms with Gasteiger partial charge in [0.25, 0.3) is 0 Å². The molecule has 3 heterocycles. The molecule has 10 heteroatoms. The number of fused-ring (bicyclic) bond motifs is 1. The van der Waals surface area contributed by atoms with E-state index in [0.717, 1.165) is 11.3 Å². The van der Waals surface area contributed by atoms with E-state index in [9.17, 15) is 14.9 Å². The number of rotatable bonds is 6. The summed E-state index contributed by atoms with van der Waals surface area (Å²) in [7, 11) is 1.84. The predicted molar refractivity (Wildman–Crippen MR) is 132 cm³/mol. The number of nitriles is 2.